The molecule has 3 aromatic rings. The van der Waals surface area contributed by atoms with Crippen LogP contribution in [-0.4, -0.2) is 51.0 Å². The molecule has 10 heteroatoms. The summed E-state index contributed by atoms with van der Waals surface area (Å²) in [5.41, 5.74) is 0.836. The number of carbonyl (C=O) groups excluding carboxylic acids is 2. The van der Waals surface area contributed by atoms with Crippen molar-refractivity contribution in [3.63, 3.8) is 0 Å². The Hall–Kier alpha value is -2.81. The van der Waals surface area contributed by atoms with Gasteiger partial charge in [0.1, 0.15) is 12.6 Å². The number of carbonyl (C=O) groups is 2. The molecule has 180 valence electrons. The molecule has 7 nitrogen and oxygen atoms in total. The lowest BCUT2D eigenvalue weighted by Gasteiger charge is -2.32. The first-order valence-corrected chi connectivity index (χ1v) is 13.0. The molecule has 2 amide bonds. The number of likely N-dealkylation sites (N-methyl/N-ethyl adjacent to an activating group) is 1. The summed E-state index contributed by atoms with van der Waals surface area (Å²) in [4.78, 5) is 27.3. The average molecular weight is 522 g/mol. The zero-order valence-corrected chi connectivity index (χ0v) is 21.3. The molecular formula is C24H25Cl2N3O4S. The highest BCUT2D eigenvalue weighted by molar-refractivity contribution is 7.92. The van der Waals surface area contributed by atoms with Crippen molar-refractivity contribution >= 4 is 61.5 Å². The van der Waals surface area contributed by atoms with E-state index in [1.54, 1.807) is 49.4 Å². The van der Waals surface area contributed by atoms with E-state index >= 15 is 0 Å². The Morgan fingerprint density at radius 3 is 2.18 bits per heavy atom. The maximum absolute atomic E-state index is 13.6. The molecule has 1 N–H and O–H groups in total. The molecule has 0 radical (unpaired) electrons. The second kappa shape index (κ2) is 10.6. The maximum Gasteiger partial charge on any atom is 0.244 e. The SMILES string of the molecule is CNC(=O)C(C)N(Cc1c(Cl)cccc1Cl)C(=O)CN(c1cccc2ccccc12)S(C)(=O)=O. The molecule has 0 aliphatic carbocycles. The molecule has 0 fully saturated rings. The third kappa shape index (κ3) is 5.63. The topological polar surface area (TPSA) is 86.8 Å². The number of amides is 2. The number of anilines is 1. The van der Waals surface area contributed by atoms with E-state index in [0.29, 0.717) is 26.7 Å². The second-order valence-corrected chi connectivity index (χ2v) is 10.5. The van der Waals surface area contributed by atoms with Gasteiger partial charge < -0.3 is 10.2 Å². The van der Waals surface area contributed by atoms with E-state index in [-0.39, 0.29) is 6.54 Å². The van der Waals surface area contributed by atoms with Gasteiger partial charge in [0.15, 0.2) is 0 Å². The molecule has 0 saturated carbocycles. The van der Waals surface area contributed by atoms with E-state index in [1.807, 2.05) is 18.2 Å². The molecule has 34 heavy (non-hydrogen) atoms. The Labute approximate surface area is 209 Å². The normalized spacial score (nSPS) is 12.3. The van der Waals surface area contributed by atoms with Crippen LogP contribution >= 0.6 is 23.2 Å². The quantitative estimate of drug-likeness (QED) is 0.483. The van der Waals surface area contributed by atoms with Crippen molar-refractivity contribution in [1.29, 1.82) is 0 Å². The van der Waals surface area contributed by atoms with E-state index in [9.17, 15) is 18.0 Å². The predicted octanol–water partition coefficient (Wildman–Crippen LogP) is 4.08. The van der Waals surface area contributed by atoms with Gasteiger partial charge in [-0.1, -0.05) is 65.7 Å². The molecule has 0 heterocycles. The minimum Gasteiger partial charge on any atom is -0.357 e. The first-order chi connectivity index (χ1) is 16.0. The van der Waals surface area contributed by atoms with Gasteiger partial charge in [-0.25, -0.2) is 8.42 Å². The van der Waals surface area contributed by atoms with Crippen LogP contribution in [0.1, 0.15) is 12.5 Å². The van der Waals surface area contributed by atoms with Crippen molar-refractivity contribution in [3.05, 3.63) is 76.3 Å². The number of sulfonamides is 1. The first kappa shape index (κ1) is 25.8. The summed E-state index contributed by atoms with van der Waals surface area (Å²) in [7, 11) is -2.38. The zero-order chi connectivity index (χ0) is 25.0. The van der Waals surface area contributed by atoms with Crippen molar-refractivity contribution in [2.24, 2.45) is 0 Å². The Morgan fingerprint density at radius 1 is 0.971 bits per heavy atom. The van der Waals surface area contributed by atoms with Gasteiger partial charge in [-0.2, -0.15) is 0 Å². The van der Waals surface area contributed by atoms with Crippen LogP contribution in [0.2, 0.25) is 10.0 Å². The summed E-state index contributed by atoms with van der Waals surface area (Å²) in [5, 5.41) is 4.71. The highest BCUT2D eigenvalue weighted by atomic mass is 35.5. The Balaban J connectivity index is 2.04. The van der Waals surface area contributed by atoms with Gasteiger partial charge in [0, 0.05) is 34.6 Å². The fraction of sp³-hybridized carbons (Fsp3) is 0.250. The number of halogens is 2. The molecule has 0 bridgehead atoms. The largest absolute Gasteiger partial charge is 0.357 e. The molecule has 3 rings (SSSR count). The molecular weight excluding hydrogens is 497 g/mol. The van der Waals surface area contributed by atoms with Crippen molar-refractivity contribution in [3.8, 4) is 0 Å². The Bertz CT molecular complexity index is 1310. The molecule has 0 aromatic heterocycles. The van der Waals surface area contributed by atoms with Gasteiger partial charge in [0.25, 0.3) is 0 Å². The highest BCUT2D eigenvalue weighted by Crippen LogP contribution is 2.30. The molecule has 1 unspecified atom stereocenters. The molecule has 3 aromatic carbocycles. The number of hydrogen-bond donors (Lipinski definition) is 1. The van der Waals surface area contributed by atoms with E-state index in [0.717, 1.165) is 15.9 Å². The lowest BCUT2D eigenvalue weighted by molar-refractivity contribution is -0.139. The van der Waals surface area contributed by atoms with Crippen molar-refractivity contribution in [2.45, 2.75) is 19.5 Å². The van der Waals surface area contributed by atoms with Crippen LogP contribution < -0.4 is 9.62 Å². The van der Waals surface area contributed by atoms with Gasteiger partial charge >= 0.3 is 0 Å². The van der Waals surface area contributed by atoms with Crippen LogP contribution in [0.25, 0.3) is 10.8 Å². The number of nitrogens with zero attached hydrogens (tertiary/aromatic N) is 2. The first-order valence-electron chi connectivity index (χ1n) is 10.4. The summed E-state index contributed by atoms with van der Waals surface area (Å²) < 4.78 is 26.6. The van der Waals surface area contributed by atoms with E-state index in [2.05, 4.69) is 5.32 Å². The summed E-state index contributed by atoms with van der Waals surface area (Å²) in [6.45, 7) is 0.986. The smallest absolute Gasteiger partial charge is 0.244 e. The van der Waals surface area contributed by atoms with Crippen LogP contribution in [0.3, 0.4) is 0 Å². The number of nitrogens with one attached hydrogen (secondary N) is 1. The lowest BCUT2D eigenvalue weighted by Crippen LogP contribution is -2.50. The van der Waals surface area contributed by atoms with Crippen molar-refractivity contribution in [1.82, 2.24) is 10.2 Å². The summed E-state index contributed by atoms with van der Waals surface area (Å²) >= 11 is 12.6. The zero-order valence-electron chi connectivity index (χ0n) is 19.0. The van der Waals surface area contributed by atoms with Crippen LogP contribution in [0.4, 0.5) is 5.69 Å². The van der Waals surface area contributed by atoms with Crippen molar-refractivity contribution in [2.75, 3.05) is 24.2 Å². The maximum atomic E-state index is 13.6. The number of fused-ring (bicyclic) bond motifs is 1. The predicted molar refractivity (Wildman–Crippen MR) is 137 cm³/mol. The second-order valence-electron chi connectivity index (χ2n) is 7.78. The standard InChI is InChI=1S/C24H25Cl2N3O4S/c1-16(24(31)27-2)28(14-19-20(25)11-7-12-21(19)26)23(30)15-29(34(3,32)33)22-13-6-9-17-8-4-5-10-18(17)22/h4-13,16H,14-15H2,1-3H3,(H,27,31). The molecule has 0 spiro atoms. The highest BCUT2D eigenvalue weighted by Gasteiger charge is 2.31. The van der Waals surface area contributed by atoms with Crippen LogP contribution in [0.5, 0.6) is 0 Å². The lowest BCUT2D eigenvalue weighted by atomic mass is 10.1. The van der Waals surface area contributed by atoms with Gasteiger partial charge in [-0.3, -0.25) is 13.9 Å². The monoisotopic (exact) mass is 521 g/mol. The minimum absolute atomic E-state index is 0.0704. The third-order valence-electron chi connectivity index (χ3n) is 5.52. The number of rotatable bonds is 8. The van der Waals surface area contributed by atoms with Crippen LogP contribution in [0, 0.1) is 0 Å². The van der Waals surface area contributed by atoms with Gasteiger partial charge in [0.05, 0.1) is 11.9 Å². The van der Waals surface area contributed by atoms with E-state index in [4.69, 9.17) is 23.2 Å². The molecule has 1 atom stereocenters. The summed E-state index contributed by atoms with van der Waals surface area (Å²) in [5.74, 6) is -0.988. The van der Waals surface area contributed by atoms with Crippen LogP contribution in [-0.2, 0) is 26.2 Å². The molecule has 0 saturated heterocycles. The Morgan fingerprint density at radius 2 is 1.56 bits per heavy atom. The fourth-order valence-corrected chi connectivity index (χ4v) is 5.04. The number of hydrogen-bond acceptors (Lipinski definition) is 4. The van der Waals surface area contributed by atoms with Gasteiger partial charge in [-0.15, -0.1) is 0 Å². The fourth-order valence-electron chi connectivity index (χ4n) is 3.67. The van der Waals surface area contributed by atoms with E-state index in [1.165, 1.54) is 11.9 Å². The molecule has 0 aliphatic heterocycles. The summed E-state index contributed by atoms with van der Waals surface area (Å²) in [6, 6.07) is 16.6. The average Bonchev–Trinajstić information content (AvgIpc) is 2.80. The summed E-state index contributed by atoms with van der Waals surface area (Å²) in [6.07, 6.45) is 1.04. The minimum atomic E-state index is -3.85. The third-order valence-corrected chi connectivity index (χ3v) is 7.35. The van der Waals surface area contributed by atoms with Crippen LogP contribution in [0.15, 0.2) is 60.7 Å². The van der Waals surface area contributed by atoms with E-state index < -0.39 is 34.4 Å². The Kier molecular flexibility index (Phi) is 8.07. The number of benzene rings is 3. The molecule has 0 aliphatic rings. The van der Waals surface area contributed by atoms with Crippen molar-refractivity contribution < 1.29 is 18.0 Å². The van der Waals surface area contributed by atoms with Gasteiger partial charge in [0.2, 0.25) is 21.8 Å². The van der Waals surface area contributed by atoms with Gasteiger partial charge in [-0.05, 0) is 30.5 Å².